The molecule has 0 aliphatic carbocycles. The van der Waals surface area contributed by atoms with Crippen LogP contribution in [0, 0.1) is 0 Å². The summed E-state index contributed by atoms with van der Waals surface area (Å²) in [4.78, 5) is 10.7. The first-order valence-electron chi connectivity index (χ1n) is 2.99. The average Bonchev–Trinajstić information content (AvgIpc) is 1.81. The van der Waals surface area contributed by atoms with Crippen molar-refractivity contribution in [3.8, 4) is 0 Å². The third kappa shape index (κ3) is 6.67. The molecule has 0 aromatic heterocycles. The Kier molecular flexibility index (Phi) is 4.68. The molecule has 0 aliphatic heterocycles. The van der Waals surface area contributed by atoms with Crippen LogP contribution in [0.2, 0.25) is 0 Å². The van der Waals surface area contributed by atoms with Crippen molar-refractivity contribution in [3.63, 3.8) is 0 Å². The number of hydrogen-bond donors (Lipinski definition) is 1. The molecule has 0 heterocycles. The van der Waals surface area contributed by atoms with Gasteiger partial charge in [0.2, 0.25) is 5.91 Å². The van der Waals surface area contributed by atoms with Gasteiger partial charge in [-0.3, -0.25) is 4.79 Å². The Morgan fingerprint density at radius 1 is 1.70 bits per heavy atom. The summed E-state index contributed by atoms with van der Waals surface area (Å²) in [5, 5.41) is 2.57. The van der Waals surface area contributed by atoms with E-state index in [1.807, 2.05) is 0 Å². The van der Waals surface area contributed by atoms with E-state index >= 15 is 0 Å². The van der Waals surface area contributed by atoms with Crippen molar-refractivity contribution in [1.29, 1.82) is 0 Å². The molecule has 0 rings (SSSR count). The minimum absolute atomic E-state index is 0.0924. The summed E-state index contributed by atoms with van der Waals surface area (Å²) in [6.07, 6.45) is 0. The number of halogens is 1. The molecule has 0 saturated heterocycles. The monoisotopic (exact) mass is 273 g/mol. The molecule has 2 nitrogen and oxygen atoms in total. The van der Waals surface area contributed by atoms with Crippen LogP contribution >= 0.6 is 34.4 Å². The first-order valence-corrected chi connectivity index (χ1v) is 5.05. The largest absolute Gasteiger partial charge is 0.358 e. The fraction of sp³-hybridized carbons (Fsp3) is 0.833. The minimum atomic E-state index is 0.0924. The highest BCUT2D eigenvalue weighted by Gasteiger charge is 2.13. The number of thioether (sulfide) groups is 1. The molecule has 0 atom stereocenters. The molecule has 0 aromatic carbocycles. The maximum atomic E-state index is 10.7. The van der Waals surface area contributed by atoms with Crippen molar-refractivity contribution in [2.75, 3.05) is 12.8 Å². The SMILES string of the molecule is CNC(=O)CSC(C)(C)I. The van der Waals surface area contributed by atoms with Crippen molar-refractivity contribution >= 4 is 40.3 Å². The van der Waals surface area contributed by atoms with E-state index in [0.717, 1.165) is 0 Å². The lowest BCUT2D eigenvalue weighted by atomic mass is 10.6. The van der Waals surface area contributed by atoms with E-state index < -0.39 is 0 Å². The van der Waals surface area contributed by atoms with Gasteiger partial charge in [0, 0.05) is 7.05 Å². The molecule has 60 valence electrons. The number of carbonyl (C=O) groups is 1. The van der Waals surface area contributed by atoms with Gasteiger partial charge in [0.05, 0.1) is 8.51 Å². The Morgan fingerprint density at radius 3 is 2.50 bits per heavy atom. The fourth-order valence-electron chi connectivity index (χ4n) is 0.309. The number of rotatable bonds is 3. The number of hydrogen-bond acceptors (Lipinski definition) is 2. The van der Waals surface area contributed by atoms with E-state index in [1.54, 1.807) is 18.8 Å². The normalized spacial score (nSPS) is 11.2. The van der Waals surface area contributed by atoms with Gasteiger partial charge in [-0.15, -0.1) is 11.8 Å². The summed E-state index contributed by atoms with van der Waals surface area (Å²) in [6.45, 7) is 4.17. The molecular weight excluding hydrogens is 261 g/mol. The third-order valence-corrected chi connectivity index (χ3v) is 2.85. The van der Waals surface area contributed by atoms with Gasteiger partial charge in [-0.1, -0.05) is 22.6 Å². The van der Waals surface area contributed by atoms with Gasteiger partial charge in [0.1, 0.15) is 0 Å². The van der Waals surface area contributed by atoms with E-state index in [9.17, 15) is 4.79 Å². The summed E-state index contributed by atoms with van der Waals surface area (Å²) in [5.74, 6) is 0.640. The lowest BCUT2D eigenvalue weighted by molar-refractivity contribution is -0.118. The van der Waals surface area contributed by atoms with Crippen molar-refractivity contribution in [3.05, 3.63) is 0 Å². The second-order valence-corrected chi connectivity index (χ2v) is 7.35. The number of amides is 1. The second kappa shape index (κ2) is 4.43. The van der Waals surface area contributed by atoms with Gasteiger partial charge in [-0.25, -0.2) is 0 Å². The summed E-state index contributed by atoms with van der Waals surface area (Å²) in [6, 6.07) is 0. The Bertz CT molecular complexity index is 121. The quantitative estimate of drug-likeness (QED) is 0.625. The average molecular weight is 273 g/mol. The molecule has 0 saturated carbocycles. The highest BCUT2D eigenvalue weighted by Crippen LogP contribution is 2.30. The van der Waals surface area contributed by atoms with Gasteiger partial charge in [-0.05, 0) is 13.8 Å². The number of alkyl halides is 1. The maximum Gasteiger partial charge on any atom is 0.229 e. The summed E-state index contributed by atoms with van der Waals surface area (Å²) in [7, 11) is 1.66. The van der Waals surface area contributed by atoms with Crippen LogP contribution in [0.4, 0.5) is 0 Å². The van der Waals surface area contributed by atoms with E-state index in [1.165, 1.54) is 0 Å². The Labute approximate surface area is 79.7 Å². The van der Waals surface area contributed by atoms with Crippen molar-refractivity contribution in [2.45, 2.75) is 16.6 Å². The van der Waals surface area contributed by atoms with Gasteiger partial charge < -0.3 is 5.32 Å². The summed E-state index contributed by atoms with van der Waals surface area (Å²) >= 11 is 3.95. The minimum Gasteiger partial charge on any atom is -0.358 e. The van der Waals surface area contributed by atoms with Crippen LogP contribution in [0.3, 0.4) is 0 Å². The van der Waals surface area contributed by atoms with Gasteiger partial charge in [0.15, 0.2) is 0 Å². The molecule has 0 unspecified atom stereocenters. The standard InChI is InChI=1S/C6H12INOS/c1-6(2,7)10-4-5(9)8-3/h4H2,1-3H3,(H,8,9). The van der Waals surface area contributed by atoms with Gasteiger partial charge in [-0.2, -0.15) is 0 Å². The van der Waals surface area contributed by atoms with Crippen LogP contribution in [-0.4, -0.2) is 21.5 Å². The van der Waals surface area contributed by atoms with Crippen LogP contribution < -0.4 is 5.32 Å². The van der Waals surface area contributed by atoms with Crippen LogP contribution in [-0.2, 0) is 4.79 Å². The molecule has 0 radical (unpaired) electrons. The van der Waals surface area contributed by atoms with E-state index in [4.69, 9.17) is 0 Å². The van der Waals surface area contributed by atoms with Crippen molar-refractivity contribution < 1.29 is 4.79 Å². The van der Waals surface area contributed by atoms with E-state index in [0.29, 0.717) is 5.75 Å². The molecule has 1 N–H and O–H groups in total. The first kappa shape index (κ1) is 10.6. The number of nitrogens with one attached hydrogen (secondary N) is 1. The zero-order chi connectivity index (χ0) is 8.20. The summed E-state index contributed by atoms with van der Waals surface area (Å²) in [5.41, 5.74) is 0. The lowest BCUT2D eigenvalue weighted by Crippen LogP contribution is -2.22. The smallest absolute Gasteiger partial charge is 0.229 e. The van der Waals surface area contributed by atoms with Crippen LogP contribution in [0.5, 0.6) is 0 Å². The molecule has 0 bridgehead atoms. The second-order valence-electron chi connectivity index (χ2n) is 2.33. The van der Waals surface area contributed by atoms with E-state index in [2.05, 4.69) is 41.8 Å². The topological polar surface area (TPSA) is 29.1 Å². The molecule has 4 heteroatoms. The van der Waals surface area contributed by atoms with Gasteiger partial charge >= 0.3 is 0 Å². The Morgan fingerprint density at radius 2 is 2.20 bits per heavy atom. The molecule has 0 fully saturated rings. The van der Waals surface area contributed by atoms with Crippen molar-refractivity contribution in [1.82, 2.24) is 5.32 Å². The zero-order valence-corrected chi connectivity index (χ0v) is 9.38. The highest BCUT2D eigenvalue weighted by atomic mass is 127. The lowest BCUT2D eigenvalue weighted by Gasteiger charge is -2.13. The molecule has 0 spiro atoms. The molecule has 10 heavy (non-hydrogen) atoms. The fourth-order valence-corrected chi connectivity index (χ4v) is 1.40. The molecule has 0 aromatic rings. The molecular formula is C6H12INOS. The Balaban J connectivity index is 3.46. The maximum absolute atomic E-state index is 10.7. The number of carbonyl (C=O) groups excluding carboxylic acids is 1. The van der Waals surface area contributed by atoms with Gasteiger partial charge in [0.25, 0.3) is 0 Å². The van der Waals surface area contributed by atoms with Crippen LogP contribution in [0.25, 0.3) is 0 Å². The Hall–Kier alpha value is 0.550. The van der Waals surface area contributed by atoms with E-state index in [-0.39, 0.29) is 8.66 Å². The predicted octanol–water partition coefficient (Wildman–Crippen LogP) is 1.64. The third-order valence-electron chi connectivity index (χ3n) is 0.825. The van der Waals surface area contributed by atoms with Crippen LogP contribution in [0.15, 0.2) is 0 Å². The van der Waals surface area contributed by atoms with Crippen molar-refractivity contribution in [2.24, 2.45) is 0 Å². The highest BCUT2D eigenvalue weighted by molar-refractivity contribution is 14.1. The van der Waals surface area contributed by atoms with Crippen LogP contribution in [0.1, 0.15) is 13.8 Å². The molecule has 1 amide bonds. The molecule has 0 aliphatic rings. The zero-order valence-electron chi connectivity index (χ0n) is 6.40. The summed E-state index contributed by atoms with van der Waals surface area (Å²) < 4.78 is 0.157. The first-order chi connectivity index (χ1) is 4.45. The predicted molar refractivity (Wildman–Crippen MR) is 54.6 cm³/mol.